The van der Waals surface area contributed by atoms with Crippen molar-refractivity contribution in [1.82, 2.24) is 10.6 Å². The van der Waals surface area contributed by atoms with Crippen LogP contribution in [0.4, 0.5) is 0 Å². The Morgan fingerprint density at radius 1 is 0.722 bits per heavy atom. The van der Waals surface area contributed by atoms with Gasteiger partial charge in [0.15, 0.2) is 34.5 Å². The summed E-state index contributed by atoms with van der Waals surface area (Å²) >= 11 is 0. The number of carbonyl (C=O) groups excluding carboxylic acids is 2. The van der Waals surface area contributed by atoms with Crippen LogP contribution in [0.3, 0.4) is 0 Å². The predicted molar refractivity (Wildman–Crippen MR) is 127 cm³/mol. The minimum absolute atomic E-state index is 0.0907. The van der Waals surface area contributed by atoms with Gasteiger partial charge in [0, 0.05) is 18.7 Å². The van der Waals surface area contributed by atoms with Crippen molar-refractivity contribution in [3.05, 3.63) is 47.5 Å². The number of benzene rings is 2. The van der Waals surface area contributed by atoms with Crippen LogP contribution >= 0.6 is 0 Å². The van der Waals surface area contributed by atoms with E-state index in [0.717, 1.165) is 36.4 Å². The highest BCUT2D eigenvalue weighted by Gasteiger charge is 2.18. The Morgan fingerprint density at radius 2 is 1.17 bits per heavy atom. The largest absolute Gasteiger partial charge is 0.504 e. The van der Waals surface area contributed by atoms with E-state index in [-0.39, 0.29) is 24.1 Å². The van der Waals surface area contributed by atoms with Gasteiger partial charge in [0.1, 0.15) is 6.04 Å². The summed E-state index contributed by atoms with van der Waals surface area (Å²) < 4.78 is 0. The number of carboxylic acid groups (broad SMARTS) is 1. The van der Waals surface area contributed by atoms with Crippen molar-refractivity contribution in [2.24, 2.45) is 0 Å². The van der Waals surface area contributed by atoms with Crippen LogP contribution in [0.15, 0.2) is 36.4 Å². The number of aliphatic carboxylic acids is 1. The number of hydrogen-bond acceptors (Lipinski definition) is 9. The van der Waals surface area contributed by atoms with E-state index in [1.807, 2.05) is 0 Å². The molecule has 9 N–H and O–H groups in total. The number of phenols is 6. The van der Waals surface area contributed by atoms with Crippen LogP contribution in [-0.2, 0) is 14.4 Å². The Labute approximate surface area is 205 Å². The van der Waals surface area contributed by atoms with Gasteiger partial charge in [-0.05, 0) is 66.8 Å². The van der Waals surface area contributed by atoms with Crippen LogP contribution in [0, 0.1) is 0 Å². The molecule has 0 saturated heterocycles. The fourth-order valence-corrected chi connectivity index (χ4v) is 3.01. The number of carbonyl (C=O) groups is 3. The number of carboxylic acids is 1. The van der Waals surface area contributed by atoms with Crippen molar-refractivity contribution in [2.45, 2.75) is 25.3 Å². The molecule has 0 fully saturated rings. The third-order valence-electron chi connectivity index (χ3n) is 4.87. The summed E-state index contributed by atoms with van der Waals surface area (Å²) in [4.78, 5) is 35.4. The first kappa shape index (κ1) is 27.4. The second-order valence-electron chi connectivity index (χ2n) is 7.67. The molecule has 12 nitrogen and oxygen atoms in total. The second kappa shape index (κ2) is 12.6. The lowest BCUT2D eigenvalue weighted by Crippen LogP contribution is -2.40. The highest BCUT2D eigenvalue weighted by Crippen LogP contribution is 2.36. The van der Waals surface area contributed by atoms with E-state index in [9.17, 15) is 50.1 Å². The summed E-state index contributed by atoms with van der Waals surface area (Å²) in [6.07, 6.45) is 5.59. The molecule has 0 radical (unpaired) electrons. The molecule has 0 aliphatic rings. The number of rotatable bonds is 11. The Hall–Kier alpha value is -4.87. The normalized spacial score (nSPS) is 12.0. The van der Waals surface area contributed by atoms with Crippen molar-refractivity contribution in [3.8, 4) is 34.5 Å². The third-order valence-corrected chi connectivity index (χ3v) is 4.87. The molecule has 36 heavy (non-hydrogen) atoms. The van der Waals surface area contributed by atoms with E-state index in [1.165, 1.54) is 12.2 Å². The van der Waals surface area contributed by atoms with Crippen LogP contribution in [0.1, 0.15) is 30.4 Å². The average molecular weight is 502 g/mol. The Balaban J connectivity index is 1.77. The highest BCUT2D eigenvalue weighted by molar-refractivity contribution is 5.94. The molecule has 2 aromatic rings. The van der Waals surface area contributed by atoms with Gasteiger partial charge in [-0.3, -0.25) is 9.59 Å². The van der Waals surface area contributed by atoms with Crippen LogP contribution in [0.5, 0.6) is 34.5 Å². The van der Waals surface area contributed by atoms with E-state index < -0.39 is 58.3 Å². The zero-order valence-electron chi connectivity index (χ0n) is 18.9. The summed E-state index contributed by atoms with van der Waals surface area (Å²) in [6.45, 7) is 0.225. The van der Waals surface area contributed by atoms with Gasteiger partial charge < -0.3 is 46.4 Å². The number of unbranched alkanes of at least 4 members (excludes halogenated alkanes) is 1. The maximum atomic E-state index is 12.1. The Kier molecular flexibility index (Phi) is 9.55. The molecule has 0 aliphatic heterocycles. The van der Waals surface area contributed by atoms with Crippen molar-refractivity contribution in [2.75, 3.05) is 6.54 Å². The van der Waals surface area contributed by atoms with Crippen LogP contribution in [-0.4, -0.2) is 66.1 Å². The predicted octanol–water partition coefficient (Wildman–Crippen LogP) is 1.50. The van der Waals surface area contributed by atoms with Crippen molar-refractivity contribution in [3.63, 3.8) is 0 Å². The van der Waals surface area contributed by atoms with Gasteiger partial charge >= 0.3 is 5.97 Å². The lowest BCUT2D eigenvalue weighted by atomic mass is 10.1. The number of hydrogen-bond donors (Lipinski definition) is 9. The molecule has 0 spiro atoms. The van der Waals surface area contributed by atoms with Gasteiger partial charge in [-0.2, -0.15) is 0 Å². The number of nitrogens with one attached hydrogen (secondary N) is 2. The smallest absolute Gasteiger partial charge is 0.326 e. The molecule has 2 amide bonds. The standard InChI is InChI=1S/C24H26N2O10/c27-16-9-13(10-17(28)22(16)33)4-6-20(31)25-8-2-1-3-15(24(35)36)26-21(32)7-5-14-11-18(29)23(34)19(30)12-14/h4-7,9-12,15,27-30,33-34H,1-3,8H2,(H,25,31)(H,26,32)(H,35,36)/b6-4+,7-5+/t15-/m0/s1. The molecule has 0 heterocycles. The highest BCUT2D eigenvalue weighted by atomic mass is 16.4. The minimum Gasteiger partial charge on any atom is -0.504 e. The first-order chi connectivity index (χ1) is 17.0. The van der Waals surface area contributed by atoms with E-state index in [1.54, 1.807) is 0 Å². The van der Waals surface area contributed by atoms with Gasteiger partial charge in [-0.1, -0.05) is 0 Å². The van der Waals surface area contributed by atoms with Gasteiger partial charge in [-0.25, -0.2) is 4.79 Å². The maximum absolute atomic E-state index is 12.1. The van der Waals surface area contributed by atoms with Gasteiger partial charge in [-0.15, -0.1) is 0 Å². The molecule has 0 bridgehead atoms. The topological polar surface area (TPSA) is 217 Å². The van der Waals surface area contributed by atoms with E-state index >= 15 is 0 Å². The summed E-state index contributed by atoms with van der Waals surface area (Å²) in [7, 11) is 0. The summed E-state index contributed by atoms with van der Waals surface area (Å²) in [5.41, 5.74) is 0.486. The third kappa shape index (κ3) is 8.17. The lowest BCUT2D eigenvalue weighted by Gasteiger charge is -2.13. The molecule has 2 aromatic carbocycles. The minimum atomic E-state index is -1.25. The van der Waals surface area contributed by atoms with Gasteiger partial charge in [0.05, 0.1) is 0 Å². The van der Waals surface area contributed by atoms with Crippen LogP contribution < -0.4 is 10.6 Å². The molecule has 1 atom stereocenters. The molecule has 2 rings (SSSR count). The SMILES string of the molecule is O=C(/C=C/c1cc(O)c(O)c(O)c1)NCCCC[C@H](NC(=O)/C=C/c1cc(O)c(O)c(O)c1)C(=O)O. The van der Waals surface area contributed by atoms with Crippen molar-refractivity contribution in [1.29, 1.82) is 0 Å². The number of phenolic OH excluding ortho intramolecular Hbond substituents is 6. The maximum Gasteiger partial charge on any atom is 0.326 e. The zero-order valence-corrected chi connectivity index (χ0v) is 18.9. The average Bonchev–Trinajstić information content (AvgIpc) is 2.81. The number of aromatic hydroxyl groups is 6. The molecular formula is C24H26N2O10. The summed E-state index contributed by atoms with van der Waals surface area (Å²) in [5, 5.41) is 70.7. The monoisotopic (exact) mass is 502 g/mol. The molecule has 0 unspecified atom stereocenters. The first-order valence-electron chi connectivity index (χ1n) is 10.6. The fourth-order valence-electron chi connectivity index (χ4n) is 3.01. The second-order valence-corrected chi connectivity index (χ2v) is 7.67. The van der Waals surface area contributed by atoms with E-state index in [0.29, 0.717) is 12.8 Å². The number of amides is 2. The zero-order chi connectivity index (χ0) is 26.8. The van der Waals surface area contributed by atoms with Crippen molar-refractivity contribution < 1.29 is 50.1 Å². The van der Waals surface area contributed by atoms with Gasteiger partial charge in [0.25, 0.3) is 0 Å². The van der Waals surface area contributed by atoms with Crippen LogP contribution in [0.25, 0.3) is 12.2 Å². The summed E-state index contributed by atoms with van der Waals surface area (Å²) in [5.74, 6) is -6.05. The Bertz CT molecular complexity index is 1140. The van der Waals surface area contributed by atoms with E-state index in [2.05, 4.69) is 10.6 Å². The van der Waals surface area contributed by atoms with Gasteiger partial charge in [0.2, 0.25) is 11.8 Å². The molecule has 0 saturated carbocycles. The fraction of sp³-hybridized carbons (Fsp3) is 0.208. The lowest BCUT2D eigenvalue weighted by molar-refractivity contribution is -0.141. The van der Waals surface area contributed by atoms with Crippen LogP contribution in [0.2, 0.25) is 0 Å². The molecule has 12 heteroatoms. The molecule has 0 aromatic heterocycles. The quantitative estimate of drug-likeness (QED) is 0.122. The molecule has 0 aliphatic carbocycles. The Morgan fingerprint density at radius 3 is 1.61 bits per heavy atom. The molecule has 192 valence electrons. The van der Waals surface area contributed by atoms with Crippen molar-refractivity contribution >= 4 is 29.9 Å². The summed E-state index contributed by atoms with van der Waals surface area (Å²) in [6, 6.07) is 3.35. The first-order valence-corrected chi connectivity index (χ1v) is 10.6. The van der Waals surface area contributed by atoms with E-state index in [4.69, 9.17) is 0 Å². The molecular weight excluding hydrogens is 476 g/mol.